The molecule has 0 radical (unpaired) electrons. The summed E-state index contributed by atoms with van der Waals surface area (Å²) >= 11 is 5.90. The molecule has 1 aliphatic carbocycles. The first-order valence-electron chi connectivity index (χ1n) is 6.07. The lowest BCUT2D eigenvalue weighted by Gasteiger charge is -2.15. The Morgan fingerprint density at radius 3 is 2.89 bits per heavy atom. The highest BCUT2D eigenvalue weighted by molar-refractivity contribution is 6.48. The van der Waals surface area contributed by atoms with Gasteiger partial charge in [0.15, 0.2) is 0 Å². The summed E-state index contributed by atoms with van der Waals surface area (Å²) in [6.45, 7) is 5.78. The lowest BCUT2D eigenvalue weighted by atomic mass is 9.92. The van der Waals surface area contributed by atoms with Crippen molar-refractivity contribution >= 4 is 16.6 Å². The molecule has 0 saturated heterocycles. The van der Waals surface area contributed by atoms with Crippen molar-refractivity contribution in [1.82, 2.24) is 0 Å². The minimum absolute atomic E-state index is 0.265. The van der Waals surface area contributed by atoms with E-state index in [9.17, 15) is 4.39 Å². The van der Waals surface area contributed by atoms with E-state index in [1.54, 1.807) is 6.07 Å². The monoisotopic (exact) mass is 262 g/mol. The van der Waals surface area contributed by atoms with Gasteiger partial charge in [-0.3, -0.25) is 0 Å². The van der Waals surface area contributed by atoms with Crippen LogP contribution in [-0.4, -0.2) is 0 Å². The molecule has 2 heteroatoms. The first-order chi connectivity index (χ1) is 8.59. The van der Waals surface area contributed by atoms with Crippen molar-refractivity contribution in [3.8, 4) is 0 Å². The van der Waals surface area contributed by atoms with E-state index in [2.05, 4.69) is 25.7 Å². The molecule has 0 fully saturated rings. The van der Waals surface area contributed by atoms with E-state index in [0.717, 1.165) is 18.4 Å². The molecule has 1 aliphatic rings. The second-order valence-electron chi connectivity index (χ2n) is 4.60. The molecule has 0 nitrogen and oxygen atoms in total. The summed E-state index contributed by atoms with van der Waals surface area (Å²) in [4.78, 5) is 0. The van der Waals surface area contributed by atoms with Gasteiger partial charge >= 0.3 is 0 Å². The van der Waals surface area contributed by atoms with Crippen LogP contribution in [0, 0.1) is 5.82 Å². The predicted molar refractivity (Wildman–Crippen MR) is 76.1 cm³/mol. The molecule has 0 spiro atoms. The summed E-state index contributed by atoms with van der Waals surface area (Å²) in [6, 6.07) is 5.05. The van der Waals surface area contributed by atoms with Gasteiger partial charge in [-0.15, -0.1) is 0 Å². The largest absolute Gasteiger partial charge is 0.206 e. The van der Waals surface area contributed by atoms with E-state index in [4.69, 9.17) is 11.6 Å². The van der Waals surface area contributed by atoms with E-state index in [1.807, 2.05) is 6.07 Å². The van der Waals surface area contributed by atoms with Gasteiger partial charge in [0.25, 0.3) is 0 Å². The molecule has 18 heavy (non-hydrogen) atoms. The van der Waals surface area contributed by atoms with Crippen LogP contribution in [0.3, 0.4) is 0 Å². The zero-order valence-electron chi connectivity index (χ0n) is 10.5. The van der Waals surface area contributed by atoms with Crippen LogP contribution in [0.15, 0.2) is 48.1 Å². The Balaban J connectivity index is 2.38. The van der Waals surface area contributed by atoms with Gasteiger partial charge in [-0.05, 0) is 43.4 Å². The number of halogens is 2. The maximum Gasteiger partial charge on any atom is 0.132 e. The highest BCUT2D eigenvalue weighted by Crippen LogP contribution is 2.29. The van der Waals surface area contributed by atoms with Crippen molar-refractivity contribution in [3.63, 3.8) is 0 Å². The Hall–Kier alpha value is -1.34. The van der Waals surface area contributed by atoms with E-state index >= 15 is 0 Å². The van der Waals surface area contributed by atoms with Gasteiger partial charge in [0.1, 0.15) is 5.82 Å². The third-order valence-electron chi connectivity index (χ3n) is 3.31. The average molecular weight is 263 g/mol. The highest BCUT2D eigenvalue weighted by atomic mass is 35.5. The standard InChI is InChI=1S/C16H16ClF/c1-11-6-3-4-7-13(11)10-14-8-5-9-15(18)16(14)12(2)17/h4-5,7-9H,2-3,6,10H2,1H3. The minimum atomic E-state index is -0.300. The zero-order valence-corrected chi connectivity index (χ0v) is 11.2. The average Bonchev–Trinajstić information content (AvgIpc) is 2.31. The fourth-order valence-electron chi connectivity index (χ4n) is 2.26. The van der Waals surface area contributed by atoms with Crippen LogP contribution < -0.4 is 0 Å². The molecule has 0 saturated carbocycles. The Labute approximate surface area is 112 Å². The molecular weight excluding hydrogens is 247 g/mol. The summed E-state index contributed by atoms with van der Waals surface area (Å²) in [5, 5.41) is 0.265. The van der Waals surface area contributed by atoms with Crippen molar-refractivity contribution in [2.75, 3.05) is 0 Å². The predicted octanol–water partition coefficient (Wildman–Crippen LogP) is 5.24. The lowest BCUT2D eigenvalue weighted by molar-refractivity contribution is 0.622. The maximum absolute atomic E-state index is 13.8. The van der Waals surface area contributed by atoms with Gasteiger partial charge in [0.05, 0.1) is 0 Å². The quantitative estimate of drug-likeness (QED) is 0.698. The zero-order chi connectivity index (χ0) is 13.1. The Bertz CT molecular complexity index is 538. The van der Waals surface area contributed by atoms with Crippen LogP contribution in [0.5, 0.6) is 0 Å². The van der Waals surface area contributed by atoms with Crippen molar-refractivity contribution < 1.29 is 4.39 Å². The molecule has 1 aromatic carbocycles. The van der Waals surface area contributed by atoms with Crippen molar-refractivity contribution in [1.29, 1.82) is 0 Å². The van der Waals surface area contributed by atoms with Crippen LogP contribution in [0.4, 0.5) is 4.39 Å². The van der Waals surface area contributed by atoms with Gasteiger partial charge in [0.2, 0.25) is 0 Å². The fourth-order valence-corrected chi connectivity index (χ4v) is 2.47. The maximum atomic E-state index is 13.8. The summed E-state index contributed by atoms with van der Waals surface area (Å²) in [6.07, 6.45) is 7.17. The van der Waals surface area contributed by atoms with E-state index in [1.165, 1.54) is 17.2 Å². The summed E-state index contributed by atoms with van der Waals surface area (Å²) in [5.41, 5.74) is 3.97. The number of hydrogen-bond acceptors (Lipinski definition) is 0. The third-order valence-corrected chi connectivity index (χ3v) is 3.49. The lowest BCUT2D eigenvalue weighted by Crippen LogP contribution is -2.00. The topological polar surface area (TPSA) is 0 Å². The van der Waals surface area contributed by atoms with Crippen LogP contribution in [0.1, 0.15) is 30.9 Å². The first kappa shape index (κ1) is 13.1. The molecule has 0 aromatic heterocycles. The van der Waals surface area contributed by atoms with Gasteiger partial charge in [0, 0.05) is 10.6 Å². The molecule has 0 amide bonds. The second kappa shape index (κ2) is 5.53. The van der Waals surface area contributed by atoms with Crippen molar-refractivity contribution in [2.24, 2.45) is 0 Å². The van der Waals surface area contributed by atoms with Gasteiger partial charge in [-0.2, -0.15) is 0 Å². The molecule has 1 aromatic rings. The molecule has 0 heterocycles. The molecule has 0 N–H and O–H groups in total. The first-order valence-corrected chi connectivity index (χ1v) is 6.44. The Morgan fingerprint density at radius 1 is 1.44 bits per heavy atom. The number of allylic oxidation sites excluding steroid dienone is 4. The minimum Gasteiger partial charge on any atom is -0.206 e. The van der Waals surface area contributed by atoms with Crippen LogP contribution in [-0.2, 0) is 6.42 Å². The second-order valence-corrected chi connectivity index (χ2v) is 5.06. The molecule has 0 atom stereocenters. The van der Waals surface area contributed by atoms with E-state index < -0.39 is 0 Å². The van der Waals surface area contributed by atoms with Crippen molar-refractivity contribution in [3.05, 3.63) is 65.0 Å². The number of benzene rings is 1. The normalized spacial score (nSPS) is 15.1. The van der Waals surface area contributed by atoms with E-state index in [0.29, 0.717) is 12.0 Å². The third kappa shape index (κ3) is 2.73. The van der Waals surface area contributed by atoms with E-state index in [-0.39, 0.29) is 10.8 Å². The smallest absolute Gasteiger partial charge is 0.132 e. The Morgan fingerprint density at radius 2 is 2.22 bits per heavy atom. The summed E-state index contributed by atoms with van der Waals surface area (Å²) < 4.78 is 13.8. The van der Waals surface area contributed by atoms with Crippen molar-refractivity contribution in [2.45, 2.75) is 26.2 Å². The fraction of sp³-hybridized carbons (Fsp3) is 0.250. The SMILES string of the molecule is C=C(Cl)c1c(F)cccc1CC1=C(C)CCC=C1. The molecule has 0 aliphatic heterocycles. The molecular formula is C16H16ClF. The molecule has 0 bridgehead atoms. The van der Waals surface area contributed by atoms with Crippen LogP contribution in [0.2, 0.25) is 0 Å². The van der Waals surface area contributed by atoms with Crippen LogP contribution >= 0.6 is 11.6 Å². The Kier molecular flexibility index (Phi) is 4.03. The summed E-state index contributed by atoms with van der Waals surface area (Å²) in [5.74, 6) is -0.300. The van der Waals surface area contributed by atoms with Gasteiger partial charge in [-0.1, -0.05) is 48.0 Å². The molecule has 94 valence electrons. The highest BCUT2D eigenvalue weighted by Gasteiger charge is 2.13. The molecule has 2 rings (SSSR count). The van der Waals surface area contributed by atoms with Gasteiger partial charge < -0.3 is 0 Å². The van der Waals surface area contributed by atoms with Crippen LogP contribution in [0.25, 0.3) is 5.03 Å². The number of hydrogen-bond donors (Lipinski definition) is 0. The summed E-state index contributed by atoms with van der Waals surface area (Å²) in [7, 11) is 0. The number of rotatable bonds is 3. The van der Waals surface area contributed by atoms with Gasteiger partial charge in [-0.25, -0.2) is 4.39 Å². The molecule has 0 unspecified atom stereocenters.